The Morgan fingerprint density at radius 3 is 2.32 bits per heavy atom. The van der Waals surface area contributed by atoms with Crippen molar-refractivity contribution in [3.63, 3.8) is 0 Å². The zero-order valence-electron chi connectivity index (χ0n) is 15.9. The molecule has 8 heteroatoms. The minimum atomic E-state index is -0.756. The molecule has 2 N–H and O–H groups in total. The van der Waals surface area contributed by atoms with Gasteiger partial charge in [-0.1, -0.05) is 0 Å². The molecule has 0 atom stereocenters. The van der Waals surface area contributed by atoms with Crippen LogP contribution in [0.5, 0.6) is 0 Å². The number of amides is 1. The number of esters is 1. The molecule has 0 aliphatic heterocycles. The average molecular weight is 387 g/mol. The van der Waals surface area contributed by atoms with Crippen molar-refractivity contribution in [2.45, 2.75) is 44.1 Å². The summed E-state index contributed by atoms with van der Waals surface area (Å²) in [5.41, 5.74) is 0.111. The molecular formula is C20H25N3O5. The van der Waals surface area contributed by atoms with Crippen molar-refractivity contribution in [3.8, 4) is 0 Å². The van der Waals surface area contributed by atoms with Crippen LogP contribution in [-0.2, 0) is 9.53 Å². The lowest BCUT2D eigenvalue weighted by atomic mass is 9.53. The fourth-order valence-electron chi connectivity index (χ4n) is 5.84. The molecule has 4 bridgehead atoms. The third-order valence-corrected chi connectivity index (χ3v) is 6.48. The quantitative estimate of drug-likeness (QED) is 0.441. The Hall–Kier alpha value is -2.64. The molecule has 0 aromatic heterocycles. The molecule has 0 saturated heterocycles. The number of benzene rings is 1. The van der Waals surface area contributed by atoms with Crippen molar-refractivity contribution in [2.75, 3.05) is 19.0 Å². The van der Waals surface area contributed by atoms with Crippen molar-refractivity contribution < 1.29 is 19.2 Å². The Kier molecular flexibility index (Phi) is 4.72. The topological polar surface area (TPSA) is 111 Å². The minimum absolute atomic E-state index is 0.0410. The van der Waals surface area contributed by atoms with Gasteiger partial charge in [-0.2, -0.15) is 0 Å². The highest BCUT2D eigenvalue weighted by molar-refractivity contribution is 5.97. The van der Waals surface area contributed by atoms with Gasteiger partial charge in [0.05, 0.1) is 10.5 Å². The van der Waals surface area contributed by atoms with Crippen LogP contribution in [0.3, 0.4) is 0 Å². The van der Waals surface area contributed by atoms with Crippen molar-refractivity contribution >= 4 is 23.3 Å². The Morgan fingerprint density at radius 1 is 1.18 bits per heavy atom. The molecule has 8 nitrogen and oxygen atoms in total. The molecule has 150 valence electrons. The number of anilines is 1. The van der Waals surface area contributed by atoms with Crippen molar-refractivity contribution in [2.24, 2.45) is 17.8 Å². The Balaban J connectivity index is 1.38. The first-order valence-corrected chi connectivity index (χ1v) is 9.82. The summed E-state index contributed by atoms with van der Waals surface area (Å²) < 4.78 is 5.17. The second-order valence-electron chi connectivity index (χ2n) is 8.56. The first-order valence-electron chi connectivity index (χ1n) is 9.82. The summed E-state index contributed by atoms with van der Waals surface area (Å²) >= 11 is 0. The first kappa shape index (κ1) is 18.7. The van der Waals surface area contributed by atoms with E-state index >= 15 is 0 Å². The predicted molar refractivity (Wildman–Crippen MR) is 102 cm³/mol. The largest absolute Gasteiger partial charge is 0.452 e. The van der Waals surface area contributed by atoms with E-state index in [1.54, 1.807) is 7.05 Å². The standard InChI is InChI=1S/C20H25N3O5/c1-21-17-3-2-15(23(26)27)7-16(17)19(25)28-11-18(24)22-20-8-12-4-13(9-20)6-14(5-12)10-20/h2-3,7,12-14,21H,4-6,8-11H2,1H3,(H,22,24). The highest BCUT2D eigenvalue weighted by atomic mass is 16.6. The number of non-ortho nitro benzene ring substituents is 1. The lowest BCUT2D eigenvalue weighted by molar-refractivity contribution is -0.384. The summed E-state index contributed by atoms with van der Waals surface area (Å²) in [5, 5.41) is 16.9. The second-order valence-corrected chi connectivity index (χ2v) is 8.56. The number of nitro groups is 1. The number of nitro benzene ring substituents is 1. The molecule has 4 saturated carbocycles. The van der Waals surface area contributed by atoms with Crippen LogP contribution in [0.1, 0.15) is 48.9 Å². The van der Waals surface area contributed by atoms with Crippen LogP contribution >= 0.6 is 0 Å². The van der Waals surface area contributed by atoms with E-state index in [9.17, 15) is 19.7 Å². The molecule has 4 aliphatic rings. The number of carbonyl (C=O) groups is 2. The molecule has 0 spiro atoms. The van der Waals surface area contributed by atoms with Gasteiger partial charge in [-0.05, 0) is 62.3 Å². The van der Waals surface area contributed by atoms with E-state index in [1.165, 1.54) is 31.4 Å². The van der Waals surface area contributed by atoms with Crippen LogP contribution < -0.4 is 10.6 Å². The fourth-order valence-corrected chi connectivity index (χ4v) is 5.84. The van der Waals surface area contributed by atoms with Crippen molar-refractivity contribution in [3.05, 3.63) is 33.9 Å². The SMILES string of the molecule is CNc1ccc([N+](=O)[O-])cc1C(=O)OCC(=O)NC12CC3CC(CC(C3)C1)C2. The number of carbonyl (C=O) groups excluding carboxylic acids is 2. The summed E-state index contributed by atoms with van der Waals surface area (Å²) in [7, 11) is 1.61. The van der Waals surface area contributed by atoms with Crippen LogP contribution in [0.2, 0.25) is 0 Å². The first-order chi connectivity index (χ1) is 13.4. The van der Waals surface area contributed by atoms with E-state index < -0.39 is 10.9 Å². The number of nitrogens with one attached hydrogen (secondary N) is 2. The van der Waals surface area contributed by atoms with Crippen LogP contribution in [0.4, 0.5) is 11.4 Å². The van der Waals surface area contributed by atoms with Crippen LogP contribution in [0.15, 0.2) is 18.2 Å². The third-order valence-electron chi connectivity index (χ3n) is 6.48. The van der Waals surface area contributed by atoms with Crippen LogP contribution in [0, 0.1) is 27.9 Å². The summed E-state index contributed by atoms with van der Waals surface area (Å²) in [6, 6.07) is 3.91. The summed E-state index contributed by atoms with van der Waals surface area (Å²) in [6.45, 7) is -0.383. The molecule has 1 amide bonds. The van der Waals surface area contributed by atoms with Gasteiger partial charge < -0.3 is 15.4 Å². The number of rotatable bonds is 6. The van der Waals surface area contributed by atoms with Gasteiger partial charge >= 0.3 is 5.97 Å². The molecule has 0 heterocycles. The lowest BCUT2D eigenvalue weighted by Crippen LogP contribution is -2.60. The zero-order valence-corrected chi connectivity index (χ0v) is 15.9. The molecule has 1 aromatic carbocycles. The molecular weight excluding hydrogens is 362 g/mol. The minimum Gasteiger partial charge on any atom is -0.452 e. The van der Waals surface area contributed by atoms with Gasteiger partial charge in [0.2, 0.25) is 0 Å². The smallest absolute Gasteiger partial charge is 0.341 e. The second kappa shape index (κ2) is 7.07. The Morgan fingerprint density at radius 2 is 1.79 bits per heavy atom. The maximum Gasteiger partial charge on any atom is 0.341 e. The summed E-state index contributed by atoms with van der Waals surface area (Å²) in [4.78, 5) is 35.3. The van der Waals surface area contributed by atoms with Crippen molar-refractivity contribution in [1.82, 2.24) is 5.32 Å². The maximum atomic E-state index is 12.5. The van der Waals surface area contributed by atoms with E-state index in [-0.39, 0.29) is 29.3 Å². The monoisotopic (exact) mass is 387 g/mol. The molecule has 28 heavy (non-hydrogen) atoms. The molecule has 0 radical (unpaired) electrons. The fraction of sp³-hybridized carbons (Fsp3) is 0.600. The van der Waals surface area contributed by atoms with E-state index in [0.29, 0.717) is 23.4 Å². The van der Waals surface area contributed by atoms with Crippen molar-refractivity contribution in [1.29, 1.82) is 0 Å². The van der Waals surface area contributed by atoms with Gasteiger partial charge in [0.15, 0.2) is 6.61 Å². The molecule has 0 unspecified atom stereocenters. The number of ether oxygens (including phenoxy) is 1. The predicted octanol–water partition coefficient (Wildman–Crippen LogP) is 2.88. The lowest BCUT2D eigenvalue weighted by Gasteiger charge is -2.56. The molecule has 5 rings (SSSR count). The van der Waals surface area contributed by atoms with Crippen LogP contribution in [-0.4, -0.2) is 36.0 Å². The molecule has 4 fully saturated rings. The third kappa shape index (κ3) is 3.55. The number of hydrogen-bond donors (Lipinski definition) is 2. The Bertz CT molecular complexity index is 787. The van der Waals surface area contributed by atoms with E-state index in [4.69, 9.17) is 4.74 Å². The van der Waals surface area contributed by atoms with Gasteiger partial charge in [-0.25, -0.2) is 4.79 Å². The van der Waals surface area contributed by atoms with Gasteiger partial charge in [0.1, 0.15) is 0 Å². The van der Waals surface area contributed by atoms with Gasteiger partial charge in [-0.3, -0.25) is 14.9 Å². The number of nitrogens with zero attached hydrogens (tertiary/aromatic N) is 1. The average Bonchev–Trinajstić information content (AvgIpc) is 2.64. The summed E-state index contributed by atoms with van der Waals surface area (Å²) in [5.74, 6) is 1.06. The zero-order chi connectivity index (χ0) is 19.9. The Labute approximate surface area is 163 Å². The van der Waals surface area contributed by atoms with E-state index in [0.717, 1.165) is 25.3 Å². The van der Waals surface area contributed by atoms with Gasteiger partial charge in [0, 0.05) is 30.4 Å². The van der Waals surface area contributed by atoms with Gasteiger partial charge in [-0.15, -0.1) is 0 Å². The normalized spacial score (nSPS) is 30.0. The van der Waals surface area contributed by atoms with Gasteiger partial charge in [0.25, 0.3) is 11.6 Å². The molecule has 1 aromatic rings. The highest BCUT2D eigenvalue weighted by Gasteiger charge is 2.51. The van der Waals surface area contributed by atoms with E-state index in [1.807, 2.05) is 0 Å². The van der Waals surface area contributed by atoms with E-state index in [2.05, 4.69) is 10.6 Å². The summed E-state index contributed by atoms with van der Waals surface area (Å²) in [6.07, 6.45) is 6.91. The number of hydrogen-bond acceptors (Lipinski definition) is 6. The maximum absolute atomic E-state index is 12.5. The highest BCUT2D eigenvalue weighted by Crippen LogP contribution is 2.55. The molecule has 4 aliphatic carbocycles. The van der Waals surface area contributed by atoms with Crippen LogP contribution in [0.25, 0.3) is 0 Å².